The minimum Gasteiger partial charge on any atom is -0.349 e. The van der Waals surface area contributed by atoms with E-state index in [9.17, 15) is 4.79 Å². The number of hydrogen-bond donors (Lipinski definition) is 2. The zero-order valence-electron chi connectivity index (χ0n) is 13.1. The number of nitrogens with one attached hydrogen (secondary N) is 1. The van der Waals surface area contributed by atoms with Crippen LogP contribution in [0.5, 0.6) is 0 Å². The highest BCUT2D eigenvalue weighted by Gasteiger charge is 2.28. The van der Waals surface area contributed by atoms with Crippen LogP contribution in [0.15, 0.2) is 30.3 Å². The monoisotopic (exact) mass is 355 g/mol. The predicted octanol–water partition coefficient (Wildman–Crippen LogP) is 3.24. The lowest BCUT2D eigenvalue weighted by Crippen LogP contribution is -2.40. The van der Waals surface area contributed by atoms with E-state index in [1.165, 1.54) is 0 Å². The number of nitrogens with zero attached hydrogens (tertiary/aromatic N) is 1. The fourth-order valence-electron chi connectivity index (χ4n) is 3.25. The Morgan fingerprint density at radius 1 is 1.30 bits per heavy atom. The van der Waals surface area contributed by atoms with E-state index in [2.05, 4.69) is 10.3 Å². The van der Waals surface area contributed by atoms with Gasteiger partial charge < -0.3 is 11.1 Å². The summed E-state index contributed by atoms with van der Waals surface area (Å²) in [6.45, 7) is 2.56. The molecule has 1 aliphatic carbocycles. The summed E-state index contributed by atoms with van der Waals surface area (Å²) in [4.78, 5) is 17.1. The first-order chi connectivity index (χ1) is 10.2. The molecule has 1 aromatic heterocycles. The van der Waals surface area contributed by atoms with Gasteiger partial charge in [0.2, 0.25) is 0 Å². The SMILES string of the molecule is Cc1cc(C(=O)NC2CCCC2CN)c2ccccc2n1.Cl.Cl. The first-order valence-corrected chi connectivity index (χ1v) is 7.56. The van der Waals surface area contributed by atoms with E-state index in [0.717, 1.165) is 35.9 Å². The standard InChI is InChI=1S/C17H21N3O.2ClH/c1-11-9-14(13-6-2-3-7-16(13)19-11)17(21)20-15-8-4-5-12(15)10-18;;/h2-3,6-7,9,12,15H,4-5,8,10,18H2,1H3,(H,20,21);2*1H. The Labute approximate surface area is 149 Å². The Hall–Kier alpha value is -1.36. The van der Waals surface area contributed by atoms with E-state index in [1.807, 2.05) is 37.3 Å². The number of para-hydroxylation sites is 1. The maximum Gasteiger partial charge on any atom is 0.252 e. The van der Waals surface area contributed by atoms with Crippen LogP contribution in [0, 0.1) is 12.8 Å². The highest BCUT2D eigenvalue weighted by atomic mass is 35.5. The molecule has 4 nitrogen and oxygen atoms in total. The molecule has 0 radical (unpaired) electrons. The summed E-state index contributed by atoms with van der Waals surface area (Å²) < 4.78 is 0. The third kappa shape index (κ3) is 4.14. The summed E-state index contributed by atoms with van der Waals surface area (Å²) in [5.74, 6) is 0.394. The third-order valence-corrected chi connectivity index (χ3v) is 4.37. The lowest BCUT2D eigenvalue weighted by Gasteiger charge is -2.20. The normalized spacial score (nSPS) is 19.7. The van der Waals surface area contributed by atoms with Gasteiger partial charge in [-0.3, -0.25) is 9.78 Å². The summed E-state index contributed by atoms with van der Waals surface area (Å²) in [5.41, 5.74) is 8.23. The molecule has 1 aliphatic rings. The molecule has 2 unspecified atom stereocenters. The molecule has 0 bridgehead atoms. The molecule has 1 fully saturated rings. The van der Waals surface area contributed by atoms with Crippen molar-refractivity contribution in [1.82, 2.24) is 10.3 Å². The van der Waals surface area contributed by atoms with Crippen LogP contribution in [-0.4, -0.2) is 23.5 Å². The maximum atomic E-state index is 12.6. The zero-order chi connectivity index (χ0) is 14.8. The second kappa shape index (κ2) is 8.48. The second-order valence-corrected chi connectivity index (χ2v) is 5.83. The molecular weight excluding hydrogens is 333 g/mol. The van der Waals surface area contributed by atoms with Gasteiger partial charge in [0.15, 0.2) is 0 Å². The van der Waals surface area contributed by atoms with Gasteiger partial charge in [-0.2, -0.15) is 0 Å². The van der Waals surface area contributed by atoms with Crippen molar-refractivity contribution in [3.8, 4) is 0 Å². The number of hydrogen-bond acceptors (Lipinski definition) is 3. The van der Waals surface area contributed by atoms with E-state index in [4.69, 9.17) is 5.73 Å². The van der Waals surface area contributed by atoms with Crippen molar-refractivity contribution < 1.29 is 4.79 Å². The van der Waals surface area contributed by atoms with Crippen molar-refractivity contribution in [2.45, 2.75) is 32.2 Å². The molecule has 2 atom stereocenters. The number of carbonyl (C=O) groups is 1. The number of halogens is 2. The molecular formula is C17H23Cl2N3O. The number of benzene rings is 1. The third-order valence-electron chi connectivity index (χ3n) is 4.37. The summed E-state index contributed by atoms with van der Waals surface area (Å²) >= 11 is 0. The van der Waals surface area contributed by atoms with E-state index < -0.39 is 0 Å². The number of amides is 1. The van der Waals surface area contributed by atoms with Crippen molar-refractivity contribution in [1.29, 1.82) is 0 Å². The fraction of sp³-hybridized carbons (Fsp3) is 0.412. The zero-order valence-corrected chi connectivity index (χ0v) is 14.8. The summed E-state index contributed by atoms with van der Waals surface area (Å²) in [5, 5.41) is 4.07. The highest BCUT2D eigenvalue weighted by molar-refractivity contribution is 6.06. The highest BCUT2D eigenvalue weighted by Crippen LogP contribution is 2.25. The second-order valence-electron chi connectivity index (χ2n) is 5.83. The fourth-order valence-corrected chi connectivity index (χ4v) is 3.25. The van der Waals surface area contributed by atoms with E-state index in [0.29, 0.717) is 18.0 Å². The molecule has 1 aromatic carbocycles. The van der Waals surface area contributed by atoms with Gasteiger partial charge in [-0.25, -0.2) is 0 Å². The predicted molar refractivity (Wildman–Crippen MR) is 98.6 cm³/mol. The molecule has 23 heavy (non-hydrogen) atoms. The van der Waals surface area contributed by atoms with Gasteiger partial charge >= 0.3 is 0 Å². The Morgan fingerprint density at radius 2 is 2.04 bits per heavy atom. The number of carbonyl (C=O) groups excluding carboxylic acids is 1. The van der Waals surface area contributed by atoms with Crippen molar-refractivity contribution in [3.05, 3.63) is 41.6 Å². The number of nitrogens with two attached hydrogens (primary N) is 1. The minimum absolute atomic E-state index is 0. The van der Waals surface area contributed by atoms with Crippen molar-refractivity contribution >= 4 is 41.6 Å². The van der Waals surface area contributed by atoms with E-state index in [-0.39, 0.29) is 36.8 Å². The van der Waals surface area contributed by atoms with Crippen LogP contribution in [0.2, 0.25) is 0 Å². The average molecular weight is 356 g/mol. The lowest BCUT2D eigenvalue weighted by molar-refractivity contribution is 0.0930. The van der Waals surface area contributed by atoms with Gasteiger partial charge in [0.1, 0.15) is 0 Å². The van der Waals surface area contributed by atoms with Crippen molar-refractivity contribution in [3.63, 3.8) is 0 Å². The average Bonchev–Trinajstić information content (AvgIpc) is 2.93. The van der Waals surface area contributed by atoms with Crippen LogP contribution >= 0.6 is 24.8 Å². The maximum absolute atomic E-state index is 12.6. The van der Waals surface area contributed by atoms with Crippen LogP contribution in [0.25, 0.3) is 10.9 Å². The molecule has 126 valence electrons. The quantitative estimate of drug-likeness (QED) is 0.887. The van der Waals surface area contributed by atoms with Crippen LogP contribution in [-0.2, 0) is 0 Å². The van der Waals surface area contributed by atoms with Crippen LogP contribution in [0.1, 0.15) is 35.3 Å². The number of pyridine rings is 1. The lowest BCUT2D eigenvalue weighted by atomic mass is 10.0. The smallest absolute Gasteiger partial charge is 0.252 e. The summed E-state index contributed by atoms with van der Waals surface area (Å²) in [7, 11) is 0. The van der Waals surface area contributed by atoms with Gasteiger partial charge in [0, 0.05) is 17.1 Å². The van der Waals surface area contributed by atoms with E-state index in [1.54, 1.807) is 0 Å². The Morgan fingerprint density at radius 3 is 2.78 bits per heavy atom. The largest absolute Gasteiger partial charge is 0.349 e. The van der Waals surface area contributed by atoms with Gasteiger partial charge in [0.05, 0.1) is 11.1 Å². The van der Waals surface area contributed by atoms with Crippen molar-refractivity contribution in [2.75, 3.05) is 6.54 Å². The van der Waals surface area contributed by atoms with Gasteiger partial charge in [-0.1, -0.05) is 24.6 Å². The minimum atomic E-state index is -0.0120. The first-order valence-electron chi connectivity index (χ1n) is 7.56. The van der Waals surface area contributed by atoms with Gasteiger partial charge in [-0.05, 0) is 44.4 Å². The van der Waals surface area contributed by atoms with Crippen LogP contribution in [0.3, 0.4) is 0 Å². The van der Waals surface area contributed by atoms with Crippen LogP contribution < -0.4 is 11.1 Å². The molecule has 3 rings (SSSR count). The molecule has 1 heterocycles. The summed E-state index contributed by atoms with van der Waals surface area (Å²) in [6, 6.07) is 9.84. The molecule has 6 heteroatoms. The Balaban J connectivity index is 0.00000132. The molecule has 1 saturated carbocycles. The van der Waals surface area contributed by atoms with E-state index >= 15 is 0 Å². The van der Waals surface area contributed by atoms with Crippen molar-refractivity contribution in [2.24, 2.45) is 11.7 Å². The molecule has 0 aliphatic heterocycles. The number of fused-ring (bicyclic) bond motifs is 1. The van der Waals surface area contributed by atoms with Gasteiger partial charge in [0.25, 0.3) is 5.91 Å². The number of aryl methyl sites for hydroxylation is 1. The number of rotatable bonds is 3. The molecule has 2 aromatic rings. The topological polar surface area (TPSA) is 68.0 Å². The molecule has 1 amide bonds. The van der Waals surface area contributed by atoms with Gasteiger partial charge in [-0.15, -0.1) is 24.8 Å². The number of aromatic nitrogens is 1. The molecule has 0 spiro atoms. The molecule has 0 saturated heterocycles. The Bertz CT molecular complexity index is 678. The Kier molecular flexibility index (Phi) is 7.26. The summed E-state index contributed by atoms with van der Waals surface area (Å²) in [6.07, 6.45) is 3.27. The molecule has 3 N–H and O–H groups in total. The first kappa shape index (κ1) is 19.7. The van der Waals surface area contributed by atoms with Crippen LogP contribution in [0.4, 0.5) is 0 Å².